The molecule has 3 rings (SSSR count). The molecule has 2 aliphatic rings. The topological polar surface area (TPSA) is 142 Å². The fraction of sp³-hybridized carbons (Fsp3) is 0.565. The van der Waals surface area contributed by atoms with Gasteiger partial charge in [-0.1, -0.05) is 30.3 Å². The second-order valence-corrected chi connectivity index (χ2v) is 12.0. The summed E-state index contributed by atoms with van der Waals surface area (Å²) in [6.45, 7) is 3.90. The molecule has 2 saturated heterocycles. The van der Waals surface area contributed by atoms with E-state index in [1.165, 1.54) is 16.7 Å². The van der Waals surface area contributed by atoms with Gasteiger partial charge in [0.25, 0.3) is 0 Å². The van der Waals surface area contributed by atoms with Crippen molar-refractivity contribution in [2.45, 2.75) is 54.6 Å². The molecule has 0 spiro atoms. The highest BCUT2D eigenvalue weighted by molar-refractivity contribution is 8.01. The molecule has 2 amide bonds. The van der Waals surface area contributed by atoms with Gasteiger partial charge in [0.05, 0.1) is 21.1 Å². The fourth-order valence-corrected chi connectivity index (χ4v) is 5.97. The van der Waals surface area contributed by atoms with Crippen LogP contribution in [0.25, 0.3) is 0 Å². The van der Waals surface area contributed by atoms with Gasteiger partial charge in [0, 0.05) is 17.1 Å². The van der Waals surface area contributed by atoms with Crippen LogP contribution in [0.1, 0.15) is 31.9 Å². The third-order valence-corrected chi connectivity index (χ3v) is 7.40. The molecule has 34 heavy (non-hydrogen) atoms. The molecular formula is C23H32N4O6S. The van der Waals surface area contributed by atoms with E-state index in [1.54, 1.807) is 24.3 Å². The number of fused-ring (bicyclic) bond motifs is 1. The van der Waals surface area contributed by atoms with Crippen LogP contribution in [0.4, 0.5) is 0 Å². The molecule has 1 aromatic carbocycles. The van der Waals surface area contributed by atoms with Crippen LogP contribution in [-0.4, -0.2) is 89.1 Å². The number of carboxylic acid groups (broad SMARTS) is 1. The van der Waals surface area contributed by atoms with Gasteiger partial charge in [-0.15, -0.1) is 11.8 Å². The molecule has 2 fully saturated rings. The van der Waals surface area contributed by atoms with E-state index in [0.29, 0.717) is 10.0 Å². The maximum Gasteiger partial charge on any atom is 0.330 e. The van der Waals surface area contributed by atoms with E-state index in [-0.39, 0.29) is 6.54 Å². The molecule has 0 radical (unpaired) electrons. The summed E-state index contributed by atoms with van der Waals surface area (Å²) < 4.78 is 5.26. The lowest BCUT2D eigenvalue weighted by Gasteiger charge is -2.44. The summed E-state index contributed by atoms with van der Waals surface area (Å²) in [4.78, 5) is 51.4. The molecule has 11 heteroatoms. The largest absolute Gasteiger partial charge is 0.550 e. The van der Waals surface area contributed by atoms with E-state index in [9.17, 15) is 24.3 Å². The average molecular weight is 493 g/mol. The molecule has 0 aliphatic carbocycles. The zero-order valence-corrected chi connectivity index (χ0v) is 20.8. The standard InChI is InChI=1S/C23H32N4O6S/c1-23(2)18(22(32)33-14(11-15(28)29)12-27(3,4)5)26-20(31)17(21(26)34-23)25-19(30)16(24)13-9-7-6-8-10-13/h6-10,14,16-18,21H,11-12,24H2,1-5H3,(H-,25,28,29,30)/t14?,16-,17-,18+,21-/m1/s1. The van der Waals surface area contributed by atoms with Crippen LogP contribution in [0, 0.1) is 0 Å². The lowest BCUT2D eigenvalue weighted by Crippen LogP contribution is -2.71. The van der Waals surface area contributed by atoms with Gasteiger partial charge in [-0.2, -0.15) is 0 Å². The van der Waals surface area contributed by atoms with Crippen molar-refractivity contribution in [3.8, 4) is 0 Å². The molecule has 1 unspecified atom stereocenters. The fourth-order valence-electron chi connectivity index (χ4n) is 4.35. The highest BCUT2D eigenvalue weighted by Crippen LogP contribution is 2.51. The summed E-state index contributed by atoms with van der Waals surface area (Å²) in [5.74, 6) is -2.87. The molecule has 10 nitrogen and oxygen atoms in total. The number of hydrogen-bond donors (Lipinski definition) is 2. The Morgan fingerprint density at radius 1 is 1.24 bits per heavy atom. The first-order chi connectivity index (χ1) is 15.7. The number of carbonyl (C=O) groups excluding carboxylic acids is 4. The predicted molar refractivity (Wildman–Crippen MR) is 124 cm³/mol. The second kappa shape index (κ2) is 9.55. The zero-order chi connectivity index (χ0) is 25.4. The van der Waals surface area contributed by atoms with Crippen molar-refractivity contribution in [3.05, 3.63) is 35.9 Å². The second-order valence-electron chi connectivity index (χ2n) is 10.2. The zero-order valence-electron chi connectivity index (χ0n) is 20.0. The Bertz CT molecular complexity index is 964. The number of rotatable bonds is 9. The molecule has 0 aromatic heterocycles. The number of quaternary nitrogens is 1. The van der Waals surface area contributed by atoms with E-state index in [2.05, 4.69) is 5.32 Å². The first kappa shape index (κ1) is 26.0. The Balaban J connectivity index is 1.70. The van der Waals surface area contributed by atoms with Gasteiger partial charge < -0.3 is 35.1 Å². The van der Waals surface area contributed by atoms with Crippen molar-refractivity contribution in [2.24, 2.45) is 5.73 Å². The van der Waals surface area contributed by atoms with Crippen LogP contribution < -0.4 is 16.2 Å². The van der Waals surface area contributed by atoms with Crippen LogP contribution in [-0.2, 0) is 23.9 Å². The lowest BCUT2D eigenvalue weighted by molar-refractivity contribution is -0.873. The normalized spacial score (nSPS) is 25.1. The number of hydrogen-bond acceptors (Lipinski definition) is 8. The van der Waals surface area contributed by atoms with Gasteiger partial charge in [-0.25, -0.2) is 4.79 Å². The van der Waals surface area contributed by atoms with E-state index in [0.717, 1.165) is 0 Å². The monoisotopic (exact) mass is 492 g/mol. The number of nitrogens with one attached hydrogen (secondary N) is 1. The molecule has 0 saturated carbocycles. The van der Waals surface area contributed by atoms with Crippen LogP contribution in [0.2, 0.25) is 0 Å². The smallest absolute Gasteiger partial charge is 0.330 e. The number of nitrogens with two attached hydrogens (primary N) is 1. The van der Waals surface area contributed by atoms with Crippen molar-refractivity contribution in [2.75, 3.05) is 27.7 Å². The molecule has 5 atom stereocenters. The van der Waals surface area contributed by atoms with E-state index < -0.39 is 64.5 Å². The van der Waals surface area contributed by atoms with Gasteiger partial charge in [0.15, 0.2) is 6.10 Å². The summed E-state index contributed by atoms with van der Waals surface area (Å²) in [7, 11) is 5.57. The Labute approximate surface area is 203 Å². The minimum atomic E-state index is -1.32. The highest BCUT2D eigenvalue weighted by Gasteiger charge is 2.64. The van der Waals surface area contributed by atoms with Crippen molar-refractivity contribution in [3.63, 3.8) is 0 Å². The summed E-state index contributed by atoms with van der Waals surface area (Å²) >= 11 is 1.39. The minimum Gasteiger partial charge on any atom is -0.550 e. The number of carboxylic acids is 1. The van der Waals surface area contributed by atoms with Gasteiger partial charge >= 0.3 is 5.97 Å². The van der Waals surface area contributed by atoms with Crippen molar-refractivity contribution < 1.29 is 33.5 Å². The van der Waals surface area contributed by atoms with E-state index in [4.69, 9.17) is 10.5 Å². The number of likely N-dealkylation sites (N-methyl/N-ethyl adjacent to an activating group) is 1. The number of nitrogens with zero attached hydrogens (tertiary/aromatic N) is 2. The van der Waals surface area contributed by atoms with Crippen LogP contribution in [0.15, 0.2) is 30.3 Å². The highest BCUT2D eigenvalue weighted by atomic mass is 32.2. The number of carbonyl (C=O) groups is 4. The third kappa shape index (κ3) is 5.53. The molecule has 3 N–H and O–H groups in total. The number of ether oxygens (including phenoxy) is 1. The summed E-state index contributed by atoms with van der Waals surface area (Å²) in [6.07, 6.45) is -1.33. The predicted octanol–water partition coefficient (Wildman–Crippen LogP) is -1.01. The molecule has 2 heterocycles. The van der Waals surface area contributed by atoms with Crippen LogP contribution >= 0.6 is 11.8 Å². The number of amides is 2. The Morgan fingerprint density at radius 2 is 1.85 bits per heavy atom. The number of β-lactam (4-membered cyclic amide) rings is 1. The SMILES string of the molecule is CC1(C)S[C@@H]2[C@H](NC(=O)[C@H](N)c3ccccc3)C(=O)N2[C@H]1C(=O)OC(CC(=O)[O-])C[N+](C)(C)C. The molecule has 186 valence electrons. The molecule has 0 bridgehead atoms. The maximum absolute atomic E-state index is 13.1. The summed E-state index contributed by atoms with van der Waals surface area (Å²) in [6, 6.07) is 6.18. The van der Waals surface area contributed by atoms with Gasteiger partial charge in [-0.3, -0.25) is 9.59 Å². The third-order valence-electron chi connectivity index (χ3n) is 5.83. The van der Waals surface area contributed by atoms with E-state index >= 15 is 0 Å². The van der Waals surface area contributed by atoms with Crippen LogP contribution in [0.5, 0.6) is 0 Å². The quantitative estimate of drug-likeness (QED) is 0.254. The van der Waals surface area contributed by atoms with Crippen molar-refractivity contribution in [1.82, 2.24) is 10.2 Å². The first-order valence-corrected chi connectivity index (χ1v) is 11.9. The lowest BCUT2D eigenvalue weighted by atomic mass is 9.95. The molecular weight excluding hydrogens is 460 g/mol. The van der Waals surface area contributed by atoms with Crippen molar-refractivity contribution in [1.29, 1.82) is 0 Å². The number of aliphatic carboxylic acids is 1. The molecule has 1 aromatic rings. The average Bonchev–Trinajstić information content (AvgIpc) is 2.98. The minimum absolute atomic E-state index is 0.271. The summed E-state index contributed by atoms with van der Waals surface area (Å²) in [5.41, 5.74) is 6.68. The Morgan fingerprint density at radius 3 is 2.41 bits per heavy atom. The van der Waals surface area contributed by atoms with E-state index in [1.807, 2.05) is 41.1 Å². The number of esters is 1. The molecule has 2 aliphatic heterocycles. The van der Waals surface area contributed by atoms with Crippen molar-refractivity contribution >= 4 is 35.5 Å². The van der Waals surface area contributed by atoms with Gasteiger partial charge in [0.2, 0.25) is 11.8 Å². The Hall–Kier alpha value is -2.63. The maximum atomic E-state index is 13.1. The van der Waals surface area contributed by atoms with Gasteiger partial charge in [-0.05, 0) is 19.4 Å². The first-order valence-electron chi connectivity index (χ1n) is 11.0. The summed E-state index contributed by atoms with van der Waals surface area (Å²) in [5, 5.41) is 13.4. The van der Waals surface area contributed by atoms with Gasteiger partial charge in [0.1, 0.15) is 30.0 Å². The number of benzene rings is 1. The Kier molecular flexibility index (Phi) is 7.30. The number of thioether (sulfide) groups is 1. The van der Waals surface area contributed by atoms with Crippen LogP contribution in [0.3, 0.4) is 0 Å².